The van der Waals surface area contributed by atoms with E-state index in [1.165, 1.54) is 4.70 Å². The summed E-state index contributed by atoms with van der Waals surface area (Å²) in [6, 6.07) is 18.2. The van der Waals surface area contributed by atoms with E-state index in [0.717, 1.165) is 16.1 Å². The summed E-state index contributed by atoms with van der Waals surface area (Å²) in [5, 5.41) is 1.03. The van der Waals surface area contributed by atoms with Crippen molar-refractivity contribution in [2.24, 2.45) is 0 Å². The SMILES string of the molecule is O=C(CCc1nc2ccccc2s1)N1CCO[C@H](c2ccccc2)C1. The first-order valence-electron chi connectivity index (χ1n) is 8.58. The molecule has 1 atom stereocenters. The minimum absolute atomic E-state index is 0.0265. The van der Waals surface area contributed by atoms with Crippen LogP contribution in [0.15, 0.2) is 54.6 Å². The summed E-state index contributed by atoms with van der Waals surface area (Å²) in [7, 11) is 0. The van der Waals surface area contributed by atoms with Gasteiger partial charge in [-0.1, -0.05) is 42.5 Å². The first-order valence-corrected chi connectivity index (χ1v) is 9.40. The lowest BCUT2D eigenvalue weighted by molar-refractivity contribution is -0.139. The van der Waals surface area contributed by atoms with Gasteiger partial charge in [0.25, 0.3) is 0 Å². The Balaban J connectivity index is 1.37. The van der Waals surface area contributed by atoms with Crippen molar-refractivity contribution < 1.29 is 9.53 Å². The second-order valence-electron chi connectivity index (χ2n) is 6.19. The summed E-state index contributed by atoms with van der Waals surface area (Å²) < 4.78 is 7.02. The average Bonchev–Trinajstić information content (AvgIpc) is 3.10. The zero-order chi connectivity index (χ0) is 17.1. The maximum Gasteiger partial charge on any atom is 0.223 e. The molecule has 0 aliphatic carbocycles. The van der Waals surface area contributed by atoms with E-state index in [-0.39, 0.29) is 12.0 Å². The second-order valence-corrected chi connectivity index (χ2v) is 7.30. The van der Waals surface area contributed by atoms with Crippen LogP contribution in [0.3, 0.4) is 0 Å². The van der Waals surface area contributed by atoms with E-state index in [2.05, 4.69) is 23.2 Å². The molecule has 1 aromatic heterocycles. The van der Waals surface area contributed by atoms with E-state index in [9.17, 15) is 4.79 Å². The second kappa shape index (κ2) is 7.33. The topological polar surface area (TPSA) is 42.4 Å². The Morgan fingerprint density at radius 2 is 1.96 bits per heavy atom. The molecule has 0 spiro atoms. The number of nitrogens with zero attached hydrogens (tertiary/aromatic N) is 2. The average molecular weight is 352 g/mol. The Kier molecular flexibility index (Phi) is 4.76. The highest BCUT2D eigenvalue weighted by molar-refractivity contribution is 7.18. The van der Waals surface area contributed by atoms with Gasteiger partial charge in [0.1, 0.15) is 6.10 Å². The molecule has 0 saturated carbocycles. The molecule has 5 heteroatoms. The maximum absolute atomic E-state index is 12.6. The zero-order valence-electron chi connectivity index (χ0n) is 13.9. The normalized spacial score (nSPS) is 17.8. The van der Waals surface area contributed by atoms with Crippen LogP contribution >= 0.6 is 11.3 Å². The van der Waals surface area contributed by atoms with Crippen LogP contribution in [0, 0.1) is 0 Å². The molecule has 1 saturated heterocycles. The summed E-state index contributed by atoms with van der Waals surface area (Å²) in [5.74, 6) is 0.184. The van der Waals surface area contributed by atoms with Crippen molar-refractivity contribution in [3.8, 4) is 0 Å². The van der Waals surface area contributed by atoms with Crippen LogP contribution in [0.2, 0.25) is 0 Å². The molecular formula is C20H20N2O2S. The smallest absolute Gasteiger partial charge is 0.223 e. The molecule has 3 aromatic rings. The van der Waals surface area contributed by atoms with E-state index in [4.69, 9.17) is 4.74 Å². The number of thiazole rings is 1. The quantitative estimate of drug-likeness (QED) is 0.717. The summed E-state index contributed by atoms with van der Waals surface area (Å²) in [6.45, 7) is 1.89. The Hall–Kier alpha value is -2.24. The van der Waals surface area contributed by atoms with Crippen LogP contribution in [0.4, 0.5) is 0 Å². The van der Waals surface area contributed by atoms with E-state index in [0.29, 0.717) is 32.5 Å². The standard InChI is InChI=1S/C20H20N2O2S/c23-20(11-10-19-21-16-8-4-5-9-18(16)25-19)22-12-13-24-17(14-22)15-6-2-1-3-7-15/h1-9,17H,10-14H2/t17-/m0/s1. The van der Waals surface area contributed by atoms with E-state index < -0.39 is 0 Å². The molecule has 4 rings (SSSR count). The molecule has 25 heavy (non-hydrogen) atoms. The molecule has 1 aliphatic rings. The largest absolute Gasteiger partial charge is 0.370 e. The molecular weight excluding hydrogens is 332 g/mol. The third kappa shape index (κ3) is 3.72. The monoisotopic (exact) mass is 352 g/mol. The fraction of sp³-hybridized carbons (Fsp3) is 0.300. The van der Waals surface area contributed by atoms with Gasteiger partial charge >= 0.3 is 0 Å². The first kappa shape index (κ1) is 16.2. The van der Waals surface area contributed by atoms with Gasteiger partial charge in [0.05, 0.1) is 28.4 Å². The Morgan fingerprint density at radius 3 is 2.80 bits per heavy atom. The van der Waals surface area contributed by atoms with Gasteiger partial charge in [-0.25, -0.2) is 4.98 Å². The van der Waals surface area contributed by atoms with Gasteiger partial charge in [0, 0.05) is 19.4 Å². The van der Waals surface area contributed by atoms with Crippen LogP contribution in [-0.4, -0.2) is 35.5 Å². The molecule has 1 aliphatic heterocycles. The molecule has 0 unspecified atom stereocenters. The minimum Gasteiger partial charge on any atom is -0.370 e. The molecule has 128 valence electrons. The number of amides is 1. The summed E-state index contributed by atoms with van der Waals surface area (Å²) in [6.07, 6.45) is 1.17. The molecule has 2 aromatic carbocycles. The number of ether oxygens (including phenoxy) is 1. The Morgan fingerprint density at radius 1 is 1.16 bits per heavy atom. The van der Waals surface area contributed by atoms with Crippen molar-refractivity contribution in [2.75, 3.05) is 19.7 Å². The number of aryl methyl sites for hydroxylation is 1. The van der Waals surface area contributed by atoms with E-state index >= 15 is 0 Å². The molecule has 4 nitrogen and oxygen atoms in total. The first-order chi connectivity index (χ1) is 12.3. The predicted octanol–water partition coefficient (Wildman–Crippen LogP) is 3.83. The summed E-state index contributed by atoms with van der Waals surface area (Å²) in [4.78, 5) is 19.2. The fourth-order valence-electron chi connectivity index (χ4n) is 3.14. The van der Waals surface area contributed by atoms with Crippen molar-refractivity contribution in [3.63, 3.8) is 0 Å². The third-order valence-corrected chi connectivity index (χ3v) is 5.58. The molecule has 1 fully saturated rings. The number of morpholine rings is 1. The van der Waals surface area contributed by atoms with Crippen LogP contribution in [0.25, 0.3) is 10.2 Å². The van der Waals surface area contributed by atoms with E-state index in [1.807, 2.05) is 41.3 Å². The lowest BCUT2D eigenvalue weighted by atomic mass is 10.1. The molecule has 2 heterocycles. The molecule has 0 N–H and O–H groups in total. The van der Waals surface area contributed by atoms with Gasteiger partial charge in [-0.2, -0.15) is 0 Å². The van der Waals surface area contributed by atoms with E-state index in [1.54, 1.807) is 11.3 Å². The third-order valence-electron chi connectivity index (χ3n) is 4.48. The number of para-hydroxylation sites is 1. The summed E-state index contributed by atoms with van der Waals surface area (Å²) in [5.41, 5.74) is 2.15. The summed E-state index contributed by atoms with van der Waals surface area (Å²) >= 11 is 1.68. The zero-order valence-corrected chi connectivity index (χ0v) is 14.7. The minimum atomic E-state index is -0.0265. The van der Waals surface area contributed by atoms with Gasteiger partial charge in [-0.15, -0.1) is 11.3 Å². The van der Waals surface area contributed by atoms with Crippen molar-refractivity contribution in [1.29, 1.82) is 0 Å². The van der Waals surface area contributed by atoms with Crippen LogP contribution in [0.5, 0.6) is 0 Å². The highest BCUT2D eigenvalue weighted by Crippen LogP contribution is 2.24. The number of rotatable bonds is 4. The lowest BCUT2D eigenvalue weighted by Gasteiger charge is -2.33. The lowest BCUT2D eigenvalue weighted by Crippen LogP contribution is -2.42. The Labute approximate surface area is 151 Å². The number of carbonyl (C=O) groups excluding carboxylic acids is 1. The number of fused-ring (bicyclic) bond motifs is 1. The van der Waals surface area contributed by atoms with Gasteiger partial charge in [-0.05, 0) is 17.7 Å². The predicted molar refractivity (Wildman–Crippen MR) is 99.7 cm³/mol. The van der Waals surface area contributed by atoms with Crippen molar-refractivity contribution >= 4 is 27.5 Å². The van der Waals surface area contributed by atoms with Crippen LogP contribution < -0.4 is 0 Å². The number of hydrogen-bond donors (Lipinski definition) is 0. The molecule has 1 amide bonds. The van der Waals surface area contributed by atoms with Gasteiger partial charge < -0.3 is 9.64 Å². The van der Waals surface area contributed by atoms with Crippen molar-refractivity contribution in [2.45, 2.75) is 18.9 Å². The molecule has 0 bridgehead atoms. The number of hydrogen-bond acceptors (Lipinski definition) is 4. The van der Waals surface area contributed by atoms with Gasteiger partial charge in [0.15, 0.2) is 0 Å². The highest BCUT2D eigenvalue weighted by Gasteiger charge is 2.25. The van der Waals surface area contributed by atoms with Crippen LogP contribution in [0.1, 0.15) is 23.1 Å². The Bertz CT molecular complexity index is 829. The highest BCUT2D eigenvalue weighted by atomic mass is 32.1. The number of carbonyl (C=O) groups is 1. The maximum atomic E-state index is 12.6. The number of benzene rings is 2. The molecule has 0 radical (unpaired) electrons. The van der Waals surface area contributed by atoms with Crippen molar-refractivity contribution in [1.82, 2.24) is 9.88 Å². The van der Waals surface area contributed by atoms with Crippen molar-refractivity contribution in [3.05, 3.63) is 65.2 Å². The van der Waals surface area contributed by atoms with Gasteiger partial charge in [0.2, 0.25) is 5.91 Å². The van der Waals surface area contributed by atoms with Gasteiger partial charge in [-0.3, -0.25) is 4.79 Å². The van der Waals surface area contributed by atoms with Crippen LogP contribution in [-0.2, 0) is 16.0 Å². The number of aromatic nitrogens is 1. The fourth-order valence-corrected chi connectivity index (χ4v) is 4.11.